The molecule has 0 radical (unpaired) electrons. The van der Waals surface area contributed by atoms with Crippen LogP contribution in [0.1, 0.15) is 20.7 Å². The normalized spacial score (nSPS) is 13.0. The number of anilines is 1. The number of Topliss-reactive ketones (excluding diaryl/α,β-unsaturated/α-hetero) is 2. The van der Waals surface area contributed by atoms with E-state index in [1.165, 1.54) is 12.1 Å². The highest BCUT2D eigenvalue weighted by Crippen LogP contribution is 2.32. The summed E-state index contributed by atoms with van der Waals surface area (Å²) >= 11 is 0. The number of nitrogens with two attached hydrogens (primary N) is 1. The molecule has 3 aromatic rings. The summed E-state index contributed by atoms with van der Waals surface area (Å²) in [6, 6.07) is 17.8. The number of ether oxygens (including phenoxy) is 4. The Balaban J connectivity index is 1.77. The van der Waals surface area contributed by atoms with Crippen LogP contribution in [-0.4, -0.2) is 25.8 Å². The van der Waals surface area contributed by atoms with Gasteiger partial charge in [0.25, 0.3) is 0 Å². The lowest BCUT2D eigenvalue weighted by atomic mass is 9.91. The minimum Gasteiger partial charge on any atom is -0.497 e. The number of hydrogen-bond acceptors (Lipinski definition) is 7. The summed E-state index contributed by atoms with van der Waals surface area (Å²) in [4.78, 5) is 26.4. The van der Waals surface area contributed by atoms with E-state index in [1.54, 1.807) is 68.8 Å². The molecular weight excluding hydrogens is 398 g/mol. The molecule has 0 aromatic heterocycles. The van der Waals surface area contributed by atoms with Gasteiger partial charge in [-0.05, 0) is 66.7 Å². The van der Waals surface area contributed by atoms with Crippen molar-refractivity contribution in [3.05, 3.63) is 89.4 Å². The first-order valence-electron chi connectivity index (χ1n) is 9.37. The molecule has 0 amide bonds. The first kappa shape index (κ1) is 20.0. The van der Waals surface area contributed by atoms with Gasteiger partial charge in [0, 0.05) is 16.8 Å². The Bertz CT molecular complexity index is 1180. The van der Waals surface area contributed by atoms with Gasteiger partial charge in [0.15, 0.2) is 0 Å². The summed E-state index contributed by atoms with van der Waals surface area (Å²) in [7, 11) is 3.09. The minimum atomic E-state index is -0.499. The quantitative estimate of drug-likeness (QED) is 0.605. The average Bonchev–Trinajstić information content (AvgIpc) is 2.80. The van der Waals surface area contributed by atoms with Gasteiger partial charge in [0.2, 0.25) is 23.1 Å². The van der Waals surface area contributed by atoms with Crippen LogP contribution >= 0.6 is 0 Å². The van der Waals surface area contributed by atoms with Crippen molar-refractivity contribution in [2.75, 3.05) is 20.0 Å². The molecule has 0 fully saturated rings. The maximum Gasteiger partial charge on any atom is 0.233 e. The van der Waals surface area contributed by atoms with E-state index in [0.29, 0.717) is 28.7 Å². The number of allylic oxidation sites excluding steroid dienone is 2. The molecule has 7 nitrogen and oxygen atoms in total. The number of ketones is 2. The Morgan fingerprint density at radius 2 is 1.00 bits per heavy atom. The van der Waals surface area contributed by atoms with Crippen LogP contribution in [0.4, 0.5) is 5.69 Å². The van der Waals surface area contributed by atoms with E-state index in [9.17, 15) is 9.59 Å². The molecule has 1 aliphatic carbocycles. The minimum absolute atomic E-state index is 0.163. The molecule has 156 valence electrons. The molecule has 3 aromatic carbocycles. The van der Waals surface area contributed by atoms with Crippen molar-refractivity contribution in [2.24, 2.45) is 0 Å². The second-order valence-electron chi connectivity index (χ2n) is 6.68. The van der Waals surface area contributed by atoms with Crippen molar-refractivity contribution >= 4 is 17.3 Å². The number of nitrogen functional groups attached to an aromatic ring is 1. The number of benzene rings is 3. The number of carbonyl (C=O) groups is 2. The zero-order chi connectivity index (χ0) is 22.0. The molecular formula is C24H19NO6. The summed E-state index contributed by atoms with van der Waals surface area (Å²) in [5, 5.41) is 0. The van der Waals surface area contributed by atoms with Gasteiger partial charge in [0.1, 0.15) is 23.0 Å². The summed E-state index contributed by atoms with van der Waals surface area (Å²) in [6.45, 7) is 0. The maximum atomic E-state index is 13.2. The van der Waals surface area contributed by atoms with Gasteiger partial charge in [-0.1, -0.05) is 0 Å². The zero-order valence-corrected chi connectivity index (χ0v) is 16.9. The number of rotatable bonds is 6. The van der Waals surface area contributed by atoms with E-state index in [2.05, 4.69) is 0 Å². The molecule has 0 unspecified atom stereocenters. The molecule has 0 saturated heterocycles. The van der Waals surface area contributed by atoms with Crippen LogP contribution in [-0.2, 0) is 0 Å². The molecule has 0 heterocycles. The third-order valence-electron chi connectivity index (χ3n) is 4.71. The largest absolute Gasteiger partial charge is 0.497 e. The van der Waals surface area contributed by atoms with Crippen molar-refractivity contribution in [3.8, 4) is 23.0 Å². The van der Waals surface area contributed by atoms with Crippen LogP contribution in [0.15, 0.2) is 78.2 Å². The topological polar surface area (TPSA) is 97.1 Å². The van der Waals surface area contributed by atoms with Crippen molar-refractivity contribution in [2.45, 2.75) is 0 Å². The monoisotopic (exact) mass is 417 g/mol. The van der Waals surface area contributed by atoms with Gasteiger partial charge < -0.3 is 24.7 Å². The maximum absolute atomic E-state index is 13.2. The van der Waals surface area contributed by atoms with Crippen molar-refractivity contribution in [3.63, 3.8) is 0 Å². The Morgan fingerprint density at radius 3 is 1.45 bits per heavy atom. The molecule has 7 heteroatoms. The van der Waals surface area contributed by atoms with Crippen LogP contribution in [0.25, 0.3) is 0 Å². The Labute approximate surface area is 178 Å². The molecule has 2 N–H and O–H groups in total. The number of methoxy groups -OCH3 is 2. The third kappa shape index (κ3) is 3.93. The van der Waals surface area contributed by atoms with E-state index in [0.717, 1.165) is 0 Å². The highest BCUT2D eigenvalue weighted by atomic mass is 16.5. The van der Waals surface area contributed by atoms with E-state index in [1.807, 2.05) is 0 Å². The Morgan fingerprint density at radius 1 is 0.581 bits per heavy atom. The SMILES string of the molecule is COc1ccc(OC2=C(Oc3ccc(OC)cc3)C(=O)c3cc(N)ccc3C2=O)cc1. The van der Waals surface area contributed by atoms with Crippen molar-refractivity contribution in [1.82, 2.24) is 0 Å². The highest BCUT2D eigenvalue weighted by molar-refractivity contribution is 6.25. The second kappa shape index (κ2) is 8.23. The lowest BCUT2D eigenvalue weighted by Gasteiger charge is -2.21. The van der Waals surface area contributed by atoms with E-state index >= 15 is 0 Å². The number of fused-ring (bicyclic) bond motifs is 1. The first-order chi connectivity index (χ1) is 15.0. The van der Waals surface area contributed by atoms with Gasteiger partial charge in [0.05, 0.1) is 14.2 Å². The van der Waals surface area contributed by atoms with Gasteiger partial charge >= 0.3 is 0 Å². The van der Waals surface area contributed by atoms with E-state index in [4.69, 9.17) is 24.7 Å². The predicted molar refractivity (Wildman–Crippen MR) is 114 cm³/mol. The van der Waals surface area contributed by atoms with Crippen LogP contribution < -0.4 is 24.7 Å². The smallest absolute Gasteiger partial charge is 0.233 e. The van der Waals surface area contributed by atoms with E-state index < -0.39 is 11.6 Å². The highest BCUT2D eigenvalue weighted by Gasteiger charge is 2.36. The zero-order valence-electron chi connectivity index (χ0n) is 16.9. The van der Waals surface area contributed by atoms with Gasteiger partial charge in [-0.2, -0.15) is 0 Å². The lowest BCUT2D eigenvalue weighted by molar-refractivity contribution is 0.0897. The second-order valence-corrected chi connectivity index (χ2v) is 6.68. The van der Waals surface area contributed by atoms with Crippen molar-refractivity contribution in [1.29, 1.82) is 0 Å². The first-order valence-corrected chi connectivity index (χ1v) is 9.37. The average molecular weight is 417 g/mol. The van der Waals surface area contributed by atoms with Crippen LogP contribution in [0.2, 0.25) is 0 Å². The molecule has 1 aliphatic rings. The molecule has 0 bridgehead atoms. The molecule has 0 spiro atoms. The molecule has 4 rings (SSSR count). The van der Waals surface area contributed by atoms with Gasteiger partial charge in [-0.25, -0.2) is 0 Å². The van der Waals surface area contributed by atoms with Gasteiger partial charge in [-0.15, -0.1) is 0 Å². The fourth-order valence-electron chi connectivity index (χ4n) is 3.11. The van der Waals surface area contributed by atoms with E-state index in [-0.39, 0.29) is 22.6 Å². The number of hydrogen-bond donors (Lipinski definition) is 1. The third-order valence-corrected chi connectivity index (χ3v) is 4.71. The van der Waals surface area contributed by atoms with Crippen molar-refractivity contribution < 1.29 is 28.5 Å². The fourth-order valence-corrected chi connectivity index (χ4v) is 3.11. The van der Waals surface area contributed by atoms with Crippen LogP contribution in [0.3, 0.4) is 0 Å². The lowest BCUT2D eigenvalue weighted by Crippen LogP contribution is -2.28. The predicted octanol–water partition coefficient (Wildman–Crippen LogP) is 4.03. The molecule has 0 aliphatic heterocycles. The summed E-state index contributed by atoms with van der Waals surface area (Å²) < 4.78 is 21.9. The Hall–Kier alpha value is -4.26. The molecule has 0 atom stereocenters. The summed E-state index contributed by atoms with van der Waals surface area (Å²) in [5.41, 5.74) is 6.55. The molecule has 0 saturated carbocycles. The van der Waals surface area contributed by atoms with Crippen LogP contribution in [0.5, 0.6) is 23.0 Å². The Kier molecular flexibility index (Phi) is 5.32. The summed E-state index contributed by atoms with van der Waals surface area (Å²) in [6.07, 6.45) is 0. The van der Waals surface area contributed by atoms with Gasteiger partial charge in [-0.3, -0.25) is 9.59 Å². The summed E-state index contributed by atoms with van der Waals surface area (Å²) in [5.74, 6) is 0.553. The standard InChI is InChI=1S/C24H19NO6/c1-28-15-4-8-17(9-5-15)30-23-21(26)19-12-3-14(25)13-20(19)22(27)24(23)31-18-10-6-16(29-2)7-11-18/h3-13H,25H2,1-2H3. The fraction of sp³-hybridized carbons (Fsp3) is 0.0833. The number of carbonyl (C=O) groups excluding carboxylic acids is 2. The molecule has 31 heavy (non-hydrogen) atoms. The van der Waals surface area contributed by atoms with Crippen LogP contribution in [0, 0.1) is 0 Å².